The molecule has 0 aliphatic rings. The summed E-state index contributed by atoms with van der Waals surface area (Å²) in [4.78, 5) is 4.47. The molecule has 1 aromatic heterocycles. The third-order valence-electron chi connectivity index (χ3n) is 7.74. The smallest absolute Gasteiger partial charge is 0.262 e. The number of rotatable bonds is 10. The van der Waals surface area contributed by atoms with Crippen LogP contribution in [0.3, 0.4) is 0 Å². The number of aromatic nitrogens is 2. The van der Waals surface area contributed by atoms with Gasteiger partial charge in [-0.3, -0.25) is 0 Å². The number of hydrogen-bond acceptors (Lipinski definition) is 7. The van der Waals surface area contributed by atoms with Crippen molar-refractivity contribution in [1.29, 1.82) is 0 Å². The fraction of sp³-hybridized carbons (Fsp3) is 0.0250. The Hall–Kier alpha value is -6.47. The zero-order chi connectivity index (χ0) is 32.0. The molecule has 228 valence electrons. The minimum atomic E-state index is 0.354. The van der Waals surface area contributed by atoms with Gasteiger partial charge in [-0.25, -0.2) is 0 Å². The Morgan fingerprint density at radius 3 is 1.28 bits per heavy atom. The summed E-state index contributed by atoms with van der Waals surface area (Å²) in [5.74, 6) is 1.90. The van der Waals surface area contributed by atoms with Crippen LogP contribution in [0.4, 0.5) is 34.1 Å². The first-order chi connectivity index (χ1) is 23.2. The second-order valence-electron chi connectivity index (χ2n) is 10.7. The fourth-order valence-corrected chi connectivity index (χ4v) is 5.48. The summed E-state index contributed by atoms with van der Waals surface area (Å²) in [6.07, 6.45) is 0. The summed E-state index contributed by atoms with van der Waals surface area (Å²) in [7, 11) is 5.08. The molecule has 6 aromatic carbocycles. The molecule has 7 heteroatoms. The summed E-state index contributed by atoms with van der Waals surface area (Å²) >= 11 is 0. The van der Waals surface area contributed by atoms with Crippen LogP contribution in [0.5, 0.6) is 11.5 Å². The summed E-state index contributed by atoms with van der Waals surface area (Å²) in [5, 5.41) is 8.58. The molecule has 7 rings (SSSR count). The second kappa shape index (κ2) is 13.3. The highest BCUT2D eigenvalue weighted by molar-refractivity contribution is 5.81. The van der Waals surface area contributed by atoms with E-state index in [1.54, 1.807) is 19.2 Å². The quantitative estimate of drug-likeness (QED) is 0.142. The predicted molar refractivity (Wildman–Crippen MR) is 187 cm³/mol. The van der Waals surface area contributed by atoms with Gasteiger partial charge in [0, 0.05) is 51.3 Å². The van der Waals surface area contributed by atoms with E-state index in [0.29, 0.717) is 28.8 Å². The molecule has 0 aliphatic heterocycles. The Morgan fingerprint density at radius 2 is 0.851 bits per heavy atom. The number of nitrogens with zero attached hydrogens (tertiary/aromatic N) is 4. The molecule has 0 radical (unpaired) electrons. The molecule has 0 N–H and O–H groups in total. The molecular weight excluding hydrogens is 584 g/mol. The van der Waals surface area contributed by atoms with E-state index in [4.69, 9.17) is 13.9 Å². The van der Waals surface area contributed by atoms with Gasteiger partial charge in [-0.2, -0.15) is 0 Å². The number of hydrogen-bond donors (Lipinski definition) is 0. The molecule has 0 bridgehead atoms. The van der Waals surface area contributed by atoms with E-state index in [2.05, 4.69) is 124 Å². The van der Waals surface area contributed by atoms with E-state index in [0.717, 1.165) is 39.7 Å². The summed E-state index contributed by atoms with van der Waals surface area (Å²) in [6, 6.07) is 53.1. The number of ether oxygens (including phenoxy) is 2. The normalized spacial score (nSPS) is 10.7. The van der Waals surface area contributed by atoms with E-state index >= 15 is 0 Å². The highest BCUT2D eigenvalue weighted by Gasteiger charge is 2.18. The zero-order valence-corrected chi connectivity index (χ0v) is 25.7. The Morgan fingerprint density at radius 1 is 0.468 bits per heavy atom. The van der Waals surface area contributed by atoms with Gasteiger partial charge in [0.05, 0.1) is 7.11 Å². The molecule has 0 saturated carbocycles. The molecule has 0 atom stereocenters. The average Bonchev–Trinajstić information content (AvgIpc) is 3.65. The summed E-state index contributed by atoms with van der Waals surface area (Å²) in [5.41, 5.74) is 7.77. The topological polar surface area (TPSA) is 63.9 Å². The first-order valence-corrected chi connectivity index (χ1v) is 15.1. The fourth-order valence-electron chi connectivity index (χ4n) is 5.48. The van der Waals surface area contributed by atoms with Gasteiger partial charge >= 0.3 is 0 Å². The Kier molecular flexibility index (Phi) is 8.25. The molecule has 0 aliphatic carbocycles. The van der Waals surface area contributed by atoms with Crippen LogP contribution in [0.1, 0.15) is 0 Å². The number of methoxy groups -OCH3 is 1. The molecule has 0 amide bonds. The van der Waals surface area contributed by atoms with Crippen molar-refractivity contribution >= 4 is 34.1 Å². The highest BCUT2D eigenvalue weighted by Crippen LogP contribution is 2.39. The maximum atomic E-state index is 6.06. The van der Waals surface area contributed by atoms with Crippen LogP contribution in [-0.2, 0) is 0 Å². The zero-order valence-electron chi connectivity index (χ0n) is 25.7. The molecule has 0 saturated heterocycles. The molecule has 0 unspecified atom stereocenters. The molecule has 7 nitrogen and oxygen atoms in total. The van der Waals surface area contributed by atoms with Gasteiger partial charge in [-0.15, -0.1) is 10.2 Å². The van der Waals surface area contributed by atoms with Crippen molar-refractivity contribution in [1.82, 2.24) is 10.2 Å². The second-order valence-corrected chi connectivity index (χ2v) is 10.7. The van der Waals surface area contributed by atoms with Crippen LogP contribution < -0.4 is 19.3 Å². The molecule has 1 heterocycles. The maximum Gasteiger partial charge on any atom is 0.262 e. The lowest BCUT2D eigenvalue weighted by Crippen LogP contribution is -2.12. The van der Waals surface area contributed by atoms with Gasteiger partial charge in [-0.1, -0.05) is 54.6 Å². The molecule has 0 fully saturated rings. The van der Waals surface area contributed by atoms with Crippen molar-refractivity contribution in [3.63, 3.8) is 0 Å². The van der Waals surface area contributed by atoms with Gasteiger partial charge in [0.2, 0.25) is 11.8 Å². The van der Waals surface area contributed by atoms with Crippen molar-refractivity contribution in [3.8, 4) is 34.4 Å². The lowest BCUT2D eigenvalue weighted by atomic mass is 10.1. The van der Waals surface area contributed by atoms with Crippen molar-refractivity contribution < 1.29 is 13.9 Å². The molecular formula is C40H31N4O3+. The van der Waals surface area contributed by atoms with E-state index < -0.39 is 0 Å². The minimum Gasteiger partial charge on any atom is -0.497 e. The Balaban J connectivity index is 1.20. The lowest BCUT2D eigenvalue weighted by Gasteiger charge is -2.28. The first kappa shape index (κ1) is 29.3. The van der Waals surface area contributed by atoms with Gasteiger partial charge in [0.1, 0.15) is 5.75 Å². The molecule has 47 heavy (non-hydrogen) atoms. The van der Waals surface area contributed by atoms with Crippen LogP contribution in [-0.4, -0.2) is 17.3 Å². The molecule has 7 aromatic rings. The van der Waals surface area contributed by atoms with Crippen LogP contribution in [0.2, 0.25) is 0 Å². The SMILES string of the molecule is [CH2+]Oc1cc(OC)cc(-c2nnc(-c3ccc(N(c4ccccc4)c4ccc(N(c5ccccc5)c5ccccc5)cc4)cc3)o2)c1. The van der Waals surface area contributed by atoms with E-state index in [-0.39, 0.29) is 0 Å². The Bertz CT molecular complexity index is 1990. The highest BCUT2D eigenvalue weighted by atomic mass is 16.5. The average molecular weight is 616 g/mol. The first-order valence-electron chi connectivity index (χ1n) is 15.1. The van der Waals surface area contributed by atoms with E-state index in [1.165, 1.54) is 0 Å². The Labute approximate surface area is 273 Å². The van der Waals surface area contributed by atoms with Crippen LogP contribution in [0.25, 0.3) is 22.9 Å². The number of anilines is 6. The van der Waals surface area contributed by atoms with Gasteiger partial charge in [0.15, 0.2) is 5.75 Å². The van der Waals surface area contributed by atoms with Crippen molar-refractivity contribution in [2.24, 2.45) is 0 Å². The lowest BCUT2D eigenvalue weighted by molar-refractivity contribution is 0.408. The van der Waals surface area contributed by atoms with Crippen LogP contribution >= 0.6 is 0 Å². The third-order valence-corrected chi connectivity index (χ3v) is 7.74. The largest absolute Gasteiger partial charge is 0.497 e. The third kappa shape index (κ3) is 6.23. The van der Waals surface area contributed by atoms with Crippen LogP contribution in [0, 0.1) is 7.11 Å². The maximum absolute atomic E-state index is 6.06. The predicted octanol–water partition coefficient (Wildman–Crippen LogP) is 10.5. The van der Waals surface area contributed by atoms with Gasteiger partial charge in [0.25, 0.3) is 7.11 Å². The van der Waals surface area contributed by atoms with E-state index in [1.807, 2.05) is 48.5 Å². The van der Waals surface area contributed by atoms with Crippen LogP contribution in [0.15, 0.2) is 162 Å². The summed E-state index contributed by atoms with van der Waals surface area (Å²) < 4.78 is 16.6. The monoisotopic (exact) mass is 615 g/mol. The van der Waals surface area contributed by atoms with Gasteiger partial charge in [-0.05, 0) is 97.1 Å². The molecule has 0 spiro atoms. The standard InChI is InChI=1S/C40H31N4O3/c1-45-37-26-30(27-38(28-37)46-2)40-42-41-39(47-40)29-18-20-34(21-19-29)44(33-16-10-5-11-17-33)36-24-22-35(23-25-36)43(31-12-6-3-7-13-31)32-14-8-4-9-15-32/h3-28H,1H2,2H3/q+1. The van der Waals surface area contributed by atoms with E-state index in [9.17, 15) is 0 Å². The number of para-hydroxylation sites is 3. The van der Waals surface area contributed by atoms with Gasteiger partial charge < -0.3 is 23.7 Å². The summed E-state index contributed by atoms with van der Waals surface area (Å²) in [6.45, 7) is 0. The van der Waals surface area contributed by atoms with Crippen molar-refractivity contribution in [2.75, 3.05) is 16.9 Å². The minimum absolute atomic E-state index is 0.354. The number of benzene rings is 6. The van der Waals surface area contributed by atoms with Crippen molar-refractivity contribution in [2.45, 2.75) is 0 Å². The van der Waals surface area contributed by atoms with Crippen molar-refractivity contribution in [3.05, 3.63) is 165 Å².